The molecule has 0 saturated heterocycles. The van der Waals surface area contributed by atoms with E-state index in [0.29, 0.717) is 15.9 Å². The smallest absolute Gasteiger partial charge is 0.269 e. The lowest BCUT2D eigenvalue weighted by atomic mass is 10.1. The summed E-state index contributed by atoms with van der Waals surface area (Å²) in [4.78, 5) is 18.1. The Morgan fingerprint density at radius 1 is 1.12 bits per heavy atom. The normalized spacial score (nSPS) is 11.7. The zero-order chi connectivity index (χ0) is 17.4. The van der Waals surface area contributed by atoms with Crippen LogP contribution in [0.3, 0.4) is 0 Å². The lowest BCUT2D eigenvalue weighted by Gasteiger charge is -1.95. The maximum atomic E-state index is 12.2. The molecule has 2 heterocycles. The van der Waals surface area contributed by atoms with Gasteiger partial charge in [0.05, 0.1) is 11.9 Å². The largest absolute Gasteiger partial charge is 0.493 e. The third-order valence-electron chi connectivity index (χ3n) is 3.99. The first-order valence-electron chi connectivity index (χ1n) is 7.61. The molecule has 1 amide bonds. The molecule has 0 bridgehead atoms. The van der Waals surface area contributed by atoms with Gasteiger partial charge in [0, 0.05) is 27.5 Å². The fraction of sp³-hybridized carbons (Fsp3) is 0.0556. The van der Waals surface area contributed by atoms with Crippen molar-refractivity contribution in [2.24, 2.45) is 10.2 Å². The average molecular weight is 353 g/mol. The van der Waals surface area contributed by atoms with Gasteiger partial charge in [0.15, 0.2) is 5.69 Å². The maximum Gasteiger partial charge on any atom is 0.269 e. The summed E-state index contributed by atoms with van der Waals surface area (Å²) in [6.07, 6.45) is 1.92. The first-order valence-corrected chi connectivity index (χ1v) is 7.99. The Morgan fingerprint density at radius 2 is 1.96 bits per heavy atom. The third-order valence-corrected chi connectivity index (χ3v) is 4.23. The number of benzene rings is 2. The lowest BCUT2D eigenvalue weighted by Crippen LogP contribution is -1.96. The van der Waals surface area contributed by atoms with Gasteiger partial charge in [-0.3, -0.25) is 4.79 Å². The van der Waals surface area contributed by atoms with E-state index in [2.05, 4.69) is 20.2 Å². The highest BCUT2D eigenvalue weighted by molar-refractivity contribution is 6.31. The first kappa shape index (κ1) is 15.4. The highest BCUT2D eigenvalue weighted by Crippen LogP contribution is 2.36. The van der Waals surface area contributed by atoms with E-state index in [9.17, 15) is 9.90 Å². The summed E-state index contributed by atoms with van der Waals surface area (Å²) in [5, 5.41) is 19.7. The molecule has 2 aromatic carbocycles. The number of halogens is 1. The second kappa shape index (κ2) is 6.07. The number of carbonyl (C=O) groups excluding carboxylic acids is 1. The van der Waals surface area contributed by atoms with Crippen LogP contribution in [-0.2, 0) is 11.2 Å². The van der Waals surface area contributed by atoms with Crippen LogP contribution in [0.25, 0.3) is 21.8 Å². The fourth-order valence-corrected chi connectivity index (χ4v) is 2.99. The number of hydrogen-bond acceptors (Lipinski definition) is 3. The predicted octanol–water partition coefficient (Wildman–Crippen LogP) is 4.86. The summed E-state index contributed by atoms with van der Waals surface area (Å²) in [6.45, 7) is 0. The minimum atomic E-state index is -0.402. The molecule has 3 N–H and O–H groups in total. The average Bonchev–Trinajstić information content (AvgIpc) is 3.14. The molecule has 0 aliphatic carbocycles. The number of fused-ring (bicyclic) bond motifs is 2. The molecule has 0 fully saturated rings. The van der Waals surface area contributed by atoms with Gasteiger partial charge >= 0.3 is 0 Å². The minimum Gasteiger partial charge on any atom is -0.493 e. The van der Waals surface area contributed by atoms with Gasteiger partial charge in [-0.15, -0.1) is 10.2 Å². The van der Waals surface area contributed by atoms with E-state index in [4.69, 9.17) is 11.6 Å². The van der Waals surface area contributed by atoms with Gasteiger partial charge in [0.2, 0.25) is 5.88 Å². The Morgan fingerprint density at radius 3 is 2.84 bits per heavy atom. The van der Waals surface area contributed by atoms with Gasteiger partial charge in [-0.2, -0.15) is 0 Å². The Kier molecular flexibility index (Phi) is 3.74. The molecule has 0 unspecified atom stereocenters. The molecule has 0 radical (unpaired) electrons. The van der Waals surface area contributed by atoms with E-state index in [-0.39, 0.29) is 18.0 Å². The zero-order valence-electron chi connectivity index (χ0n) is 13.0. The number of nitrogens with one attached hydrogen (secondary N) is 2. The second-order valence-corrected chi connectivity index (χ2v) is 6.08. The molecule has 124 valence electrons. The van der Waals surface area contributed by atoms with E-state index >= 15 is 0 Å². The number of aromatic hydroxyl groups is 1. The Labute approximate surface area is 147 Å². The number of carbonyl (C=O) groups is 1. The number of nitrogens with zero attached hydrogens (tertiary/aromatic N) is 2. The van der Waals surface area contributed by atoms with Gasteiger partial charge in [-0.25, -0.2) is 0 Å². The topological polar surface area (TPSA) is 93.6 Å². The van der Waals surface area contributed by atoms with Gasteiger partial charge in [0.25, 0.3) is 5.91 Å². The van der Waals surface area contributed by atoms with Crippen LogP contribution in [0.1, 0.15) is 5.56 Å². The molecule has 0 saturated carbocycles. The summed E-state index contributed by atoms with van der Waals surface area (Å²) in [5.74, 6) is -0.554. The SMILES string of the molecule is O=C(Cc1c[nH]c2ccccc12)N=Nc1c(O)[nH]c2ccc(Cl)cc12. The van der Waals surface area contributed by atoms with Crippen molar-refractivity contribution in [3.63, 3.8) is 0 Å². The van der Waals surface area contributed by atoms with E-state index in [1.165, 1.54) is 0 Å². The molecule has 6 nitrogen and oxygen atoms in total. The molecule has 4 aromatic rings. The van der Waals surface area contributed by atoms with E-state index < -0.39 is 5.91 Å². The summed E-state index contributed by atoms with van der Waals surface area (Å²) >= 11 is 5.97. The standard InChI is InChI=1S/C18H13ClN4O2/c19-11-5-6-15-13(8-11)17(18(25)21-15)23-22-16(24)7-10-9-20-14-4-2-1-3-12(10)14/h1-6,8-9,20-21,25H,7H2. The summed E-state index contributed by atoms with van der Waals surface area (Å²) in [5.41, 5.74) is 2.68. The molecule has 0 aliphatic rings. The summed E-state index contributed by atoms with van der Waals surface area (Å²) < 4.78 is 0. The summed E-state index contributed by atoms with van der Waals surface area (Å²) in [6, 6.07) is 12.8. The number of H-pyrrole nitrogens is 2. The van der Waals surface area contributed by atoms with Crippen molar-refractivity contribution >= 4 is 45.0 Å². The van der Waals surface area contributed by atoms with E-state index in [1.807, 2.05) is 24.3 Å². The van der Waals surface area contributed by atoms with Gasteiger partial charge in [-0.05, 0) is 29.8 Å². The van der Waals surface area contributed by atoms with Crippen LogP contribution in [0.2, 0.25) is 5.02 Å². The molecule has 2 aromatic heterocycles. The van der Waals surface area contributed by atoms with Gasteiger partial charge in [0.1, 0.15) is 0 Å². The van der Waals surface area contributed by atoms with Gasteiger partial charge < -0.3 is 15.1 Å². The number of amides is 1. The Balaban J connectivity index is 1.60. The number of aromatic nitrogens is 2. The molecule has 0 atom stereocenters. The molecule has 0 aliphatic heterocycles. The number of rotatable bonds is 3. The molecular formula is C18H13ClN4O2. The van der Waals surface area contributed by atoms with Crippen molar-refractivity contribution in [1.82, 2.24) is 9.97 Å². The van der Waals surface area contributed by atoms with Crippen LogP contribution in [0.15, 0.2) is 58.9 Å². The molecule has 25 heavy (non-hydrogen) atoms. The van der Waals surface area contributed by atoms with E-state index in [1.54, 1.807) is 24.4 Å². The number of azo groups is 1. The van der Waals surface area contributed by atoms with Crippen molar-refractivity contribution in [2.45, 2.75) is 6.42 Å². The van der Waals surface area contributed by atoms with Crippen LogP contribution >= 0.6 is 11.6 Å². The van der Waals surface area contributed by atoms with Crippen LogP contribution in [0.5, 0.6) is 5.88 Å². The van der Waals surface area contributed by atoms with Crippen LogP contribution in [0, 0.1) is 0 Å². The quantitative estimate of drug-likeness (QED) is 0.459. The Hall–Kier alpha value is -3.12. The molecule has 0 spiro atoms. The predicted molar refractivity (Wildman–Crippen MR) is 96.5 cm³/mol. The molecule has 4 rings (SSSR count). The maximum absolute atomic E-state index is 12.2. The highest BCUT2D eigenvalue weighted by atomic mass is 35.5. The summed E-state index contributed by atoms with van der Waals surface area (Å²) in [7, 11) is 0. The van der Waals surface area contributed by atoms with Crippen LogP contribution in [0.4, 0.5) is 5.69 Å². The van der Waals surface area contributed by atoms with Crippen molar-refractivity contribution in [3.05, 3.63) is 59.2 Å². The van der Waals surface area contributed by atoms with E-state index in [0.717, 1.165) is 16.5 Å². The van der Waals surface area contributed by atoms with Crippen molar-refractivity contribution in [2.75, 3.05) is 0 Å². The van der Waals surface area contributed by atoms with Crippen LogP contribution < -0.4 is 0 Å². The fourth-order valence-electron chi connectivity index (χ4n) is 2.82. The Bertz CT molecular complexity index is 1130. The molecular weight excluding hydrogens is 340 g/mol. The van der Waals surface area contributed by atoms with Crippen molar-refractivity contribution in [3.8, 4) is 5.88 Å². The first-order chi connectivity index (χ1) is 12.1. The number of hydrogen-bond donors (Lipinski definition) is 3. The van der Waals surface area contributed by atoms with Crippen molar-refractivity contribution < 1.29 is 9.90 Å². The van der Waals surface area contributed by atoms with Crippen LogP contribution in [-0.4, -0.2) is 21.0 Å². The zero-order valence-corrected chi connectivity index (χ0v) is 13.7. The minimum absolute atomic E-state index is 0.122. The monoisotopic (exact) mass is 352 g/mol. The molecule has 7 heteroatoms. The number of aromatic amines is 2. The number of para-hydroxylation sites is 1. The second-order valence-electron chi connectivity index (χ2n) is 5.64. The van der Waals surface area contributed by atoms with Gasteiger partial charge in [-0.1, -0.05) is 29.8 Å². The highest BCUT2D eigenvalue weighted by Gasteiger charge is 2.12. The lowest BCUT2D eigenvalue weighted by molar-refractivity contribution is -0.117. The van der Waals surface area contributed by atoms with Crippen molar-refractivity contribution in [1.29, 1.82) is 0 Å². The third kappa shape index (κ3) is 2.88.